The van der Waals surface area contributed by atoms with Gasteiger partial charge in [-0.25, -0.2) is 0 Å². The predicted molar refractivity (Wildman–Crippen MR) is 87.3 cm³/mol. The van der Waals surface area contributed by atoms with Gasteiger partial charge in [0.1, 0.15) is 0 Å². The molecule has 4 N–H and O–H groups in total. The second-order valence-electron chi connectivity index (χ2n) is 6.10. The normalized spacial score (nSPS) is 22.4. The SMILES string of the molecule is CCc1cc(CC2=CC=C(N)C(C)(CC)C2)ccc1N. The monoisotopic (exact) mass is 270 g/mol. The van der Waals surface area contributed by atoms with Crippen LogP contribution in [-0.2, 0) is 12.8 Å². The average molecular weight is 270 g/mol. The number of hydrogen-bond acceptors (Lipinski definition) is 2. The fourth-order valence-corrected chi connectivity index (χ4v) is 2.86. The second-order valence-corrected chi connectivity index (χ2v) is 6.10. The highest BCUT2D eigenvalue weighted by Gasteiger charge is 2.28. The molecular weight excluding hydrogens is 244 g/mol. The van der Waals surface area contributed by atoms with Crippen LogP contribution in [0.25, 0.3) is 0 Å². The largest absolute Gasteiger partial charge is 0.402 e. The molecule has 1 aliphatic carbocycles. The summed E-state index contributed by atoms with van der Waals surface area (Å²) in [6.07, 6.45) is 8.38. The summed E-state index contributed by atoms with van der Waals surface area (Å²) < 4.78 is 0. The molecule has 2 nitrogen and oxygen atoms in total. The minimum absolute atomic E-state index is 0.117. The molecule has 1 atom stereocenters. The maximum absolute atomic E-state index is 6.14. The number of benzene rings is 1. The first-order chi connectivity index (χ1) is 9.48. The molecule has 1 aliphatic rings. The van der Waals surface area contributed by atoms with Crippen molar-refractivity contribution in [2.45, 2.75) is 46.5 Å². The van der Waals surface area contributed by atoms with Crippen molar-refractivity contribution >= 4 is 5.69 Å². The molecule has 108 valence electrons. The molecule has 0 radical (unpaired) electrons. The number of nitrogens with two attached hydrogens (primary N) is 2. The zero-order valence-corrected chi connectivity index (χ0v) is 12.9. The Kier molecular flexibility index (Phi) is 4.22. The van der Waals surface area contributed by atoms with Crippen LogP contribution in [-0.4, -0.2) is 0 Å². The maximum Gasteiger partial charge on any atom is 0.0346 e. The number of nitrogen functional groups attached to an aromatic ring is 1. The van der Waals surface area contributed by atoms with E-state index in [-0.39, 0.29) is 5.41 Å². The minimum Gasteiger partial charge on any atom is -0.402 e. The van der Waals surface area contributed by atoms with E-state index >= 15 is 0 Å². The Labute approximate surface area is 122 Å². The van der Waals surface area contributed by atoms with Gasteiger partial charge in [-0.2, -0.15) is 0 Å². The number of hydrogen-bond donors (Lipinski definition) is 2. The fraction of sp³-hybridized carbons (Fsp3) is 0.444. The van der Waals surface area contributed by atoms with Gasteiger partial charge in [-0.05, 0) is 49.0 Å². The number of aryl methyl sites for hydroxylation is 1. The molecule has 2 rings (SSSR count). The molecule has 0 spiro atoms. The molecule has 1 aromatic carbocycles. The summed E-state index contributed by atoms with van der Waals surface area (Å²) in [7, 11) is 0. The third-order valence-electron chi connectivity index (χ3n) is 4.61. The summed E-state index contributed by atoms with van der Waals surface area (Å²) in [6.45, 7) is 6.61. The quantitative estimate of drug-likeness (QED) is 0.814. The Hall–Kier alpha value is -1.70. The third-order valence-corrected chi connectivity index (χ3v) is 4.61. The van der Waals surface area contributed by atoms with Gasteiger partial charge in [0.2, 0.25) is 0 Å². The summed E-state index contributed by atoms with van der Waals surface area (Å²) in [4.78, 5) is 0. The van der Waals surface area contributed by atoms with E-state index in [0.717, 1.165) is 37.1 Å². The molecule has 0 bridgehead atoms. The minimum atomic E-state index is 0.117. The van der Waals surface area contributed by atoms with E-state index in [1.807, 2.05) is 6.07 Å². The van der Waals surface area contributed by atoms with Gasteiger partial charge >= 0.3 is 0 Å². The lowest BCUT2D eigenvalue weighted by molar-refractivity contribution is 0.366. The summed E-state index contributed by atoms with van der Waals surface area (Å²) in [5.74, 6) is 0. The van der Waals surface area contributed by atoms with E-state index in [1.54, 1.807) is 0 Å². The average Bonchev–Trinajstić information content (AvgIpc) is 2.45. The Morgan fingerprint density at radius 2 is 1.90 bits per heavy atom. The Morgan fingerprint density at radius 1 is 1.15 bits per heavy atom. The van der Waals surface area contributed by atoms with E-state index in [1.165, 1.54) is 16.7 Å². The zero-order chi connectivity index (χ0) is 14.8. The van der Waals surface area contributed by atoms with Gasteiger partial charge in [0, 0.05) is 16.8 Å². The highest BCUT2D eigenvalue weighted by atomic mass is 14.6. The summed E-state index contributed by atoms with van der Waals surface area (Å²) in [5, 5.41) is 0. The molecule has 1 unspecified atom stereocenters. The molecule has 0 heterocycles. The van der Waals surface area contributed by atoms with Gasteiger partial charge in [0.05, 0.1) is 0 Å². The molecule has 0 aliphatic heterocycles. The van der Waals surface area contributed by atoms with E-state index in [9.17, 15) is 0 Å². The van der Waals surface area contributed by atoms with Gasteiger partial charge in [0.15, 0.2) is 0 Å². The van der Waals surface area contributed by atoms with E-state index < -0.39 is 0 Å². The highest BCUT2D eigenvalue weighted by Crippen LogP contribution is 2.38. The van der Waals surface area contributed by atoms with Crippen LogP contribution in [0.2, 0.25) is 0 Å². The van der Waals surface area contributed by atoms with Crippen LogP contribution in [0.5, 0.6) is 0 Å². The van der Waals surface area contributed by atoms with Crippen molar-refractivity contribution in [2.75, 3.05) is 5.73 Å². The lowest BCUT2D eigenvalue weighted by Gasteiger charge is -2.33. The first-order valence-corrected chi connectivity index (χ1v) is 7.51. The molecule has 0 saturated carbocycles. The molecule has 0 fully saturated rings. The summed E-state index contributed by atoms with van der Waals surface area (Å²) in [5.41, 5.74) is 18.2. The second kappa shape index (κ2) is 5.74. The van der Waals surface area contributed by atoms with Crippen molar-refractivity contribution in [2.24, 2.45) is 11.1 Å². The van der Waals surface area contributed by atoms with Gasteiger partial charge in [0.25, 0.3) is 0 Å². The van der Waals surface area contributed by atoms with Crippen molar-refractivity contribution in [1.82, 2.24) is 0 Å². The lowest BCUT2D eigenvalue weighted by Crippen LogP contribution is -2.27. The van der Waals surface area contributed by atoms with E-state index in [2.05, 4.69) is 45.1 Å². The highest BCUT2D eigenvalue weighted by molar-refractivity contribution is 5.49. The predicted octanol–water partition coefficient (Wildman–Crippen LogP) is 3.96. The summed E-state index contributed by atoms with van der Waals surface area (Å²) in [6, 6.07) is 6.40. The fourth-order valence-electron chi connectivity index (χ4n) is 2.86. The number of anilines is 1. The number of allylic oxidation sites excluding steroid dienone is 4. The van der Waals surface area contributed by atoms with Gasteiger partial charge in [-0.15, -0.1) is 0 Å². The van der Waals surface area contributed by atoms with Crippen LogP contribution in [0.4, 0.5) is 5.69 Å². The Bertz CT molecular complexity index is 555. The molecule has 20 heavy (non-hydrogen) atoms. The first kappa shape index (κ1) is 14.7. The smallest absolute Gasteiger partial charge is 0.0346 e. The van der Waals surface area contributed by atoms with Crippen LogP contribution >= 0.6 is 0 Å². The van der Waals surface area contributed by atoms with Crippen molar-refractivity contribution in [1.29, 1.82) is 0 Å². The van der Waals surface area contributed by atoms with Crippen molar-refractivity contribution in [3.63, 3.8) is 0 Å². The van der Waals surface area contributed by atoms with Crippen LogP contribution in [0.15, 0.2) is 41.6 Å². The Balaban J connectivity index is 2.19. The van der Waals surface area contributed by atoms with Crippen molar-refractivity contribution in [3.05, 3.63) is 52.7 Å². The molecule has 2 heteroatoms. The first-order valence-electron chi connectivity index (χ1n) is 7.51. The van der Waals surface area contributed by atoms with Gasteiger partial charge in [-0.3, -0.25) is 0 Å². The molecule has 1 aromatic rings. The van der Waals surface area contributed by atoms with E-state index in [4.69, 9.17) is 11.5 Å². The third kappa shape index (κ3) is 2.90. The molecule has 0 aromatic heterocycles. The molecule has 0 amide bonds. The van der Waals surface area contributed by atoms with Gasteiger partial charge < -0.3 is 11.5 Å². The molecule has 0 saturated heterocycles. The van der Waals surface area contributed by atoms with Crippen LogP contribution in [0, 0.1) is 5.41 Å². The summed E-state index contributed by atoms with van der Waals surface area (Å²) >= 11 is 0. The van der Waals surface area contributed by atoms with Crippen molar-refractivity contribution < 1.29 is 0 Å². The number of rotatable bonds is 4. The van der Waals surface area contributed by atoms with Crippen molar-refractivity contribution in [3.8, 4) is 0 Å². The topological polar surface area (TPSA) is 52.0 Å². The van der Waals surface area contributed by atoms with Crippen LogP contribution in [0.3, 0.4) is 0 Å². The lowest BCUT2D eigenvalue weighted by atomic mass is 9.74. The zero-order valence-electron chi connectivity index (χ0n) is 12.9. The standard InChI is InChI=1S/C18H26N2/c1-4-15-11-13(6-8-16(15)19)10-14-7-9-17(20)18(3,5-2)12-14/h6-9,11H,4-5,10,12,19-20H2,1-3H3. The van der Waals surface area contributed by atoms with Crippen LogP contribution in [0.1, 0.15) is 44.7 Å². The van der Waals surface area contributed by atoms with Crippen LogP contribution < -0.4 is 11.5 Å². The van der Waals surface area contributed by atoms with Gasteiger partial charge in [-0.1, -0.05) is 44.6 Å². The molecular formula is C18H26N2. The van der Waals surface area contributed by atoms with E-state index in [0.29, 0.717) is 0 Å². The maximum atomic E-state index is 6.14. The Morgan fingerprint density at radius 3 is 2.55 bits per heavy atom.